The molecule has 3 atom stereocenters. The van der Waals surface area contributed by atoms with Crippen molar-refractivity contribution in [3.8, 4) is 0 Å². The van der Waals surface area contributed by atoms with E-state index in [9.17, 15) is 19.8 Å². The summed E-state index contributed by atoms with van der Waals surface area (Å²) in [6, 6.07) is 21.4. The van der Waals surface area contributed by atoms with Crippen LogP contribution in [0.4, 0.5) is 0 Å². The molecular weight excluding hydrogens is 348 g/mol. The maximum Gasteiger partial charge on any atom is 0.107 e. The predicted molar refractivity (Wildman–Crippen MR) is 96.1 cm³/mol. The summed E-state index contributed by atoms with van der Waals surface area (Å²) in [5.74, 6) is -3.43. The number of hydrogen-bond acceptors (Lipinski definition) is 5. The zero-order valence-corrected chi connectivity index (χ0v) is 15.7. The maximum absolute atomic E-state index is 9.58. The van der Waals surface area contributed by atoms with Crippen molar-refractivity contribution in [1.29, 1.82) is 0 Å². The summed E-state index contributed by atoms with van der Waals surface area (Å²) in [4.78, 5) is 19.1. The lowest BCUT2D eigenvalue weighted by atomic mass is 10.1. The molecule has 0 radical (unpaired) electrons. The molecule has 0 unspecified atom stereocenters. The number of carbonyl (C=O) groups is 2. The average Bonchev–Trinajstić information content (AvgIpc) is 2.63. The molecular formula is C20H28N2O5. The van der Waals surface area contributed by atoms with Crippen LogP contribution in [0.1, 0.15) is 43.5 Å². The Labute approximate surface area is 159 Å². The summed E-state index contributed by atoms with van der Waals surface area (Å²) in [5, 5.41) is 27.3. The van der Waals surface area contributed by atoms with Gasteiger partial charge in [0, 0.05) is 23.5 Å². The molecule has 2 aromatic carbocycles. The Hall–Kier alpha value is -2.74. The SMILES string of the molecule is C[C@@H]([NH3+])c1ccccc1.C[C@@H]([NH3+])c1ccccc1.O=C([O-])C[C@H](O)C(=O)[O-]. The zero-order valence-electron chi connectivity index (χ0n) is 15.7. The van der Waals surface area contributed by atoms with Crippen LogP contribution in [0.5, 0.6) is 0 Å². The normalized spacial score (nSPS) is 12.9. The summed E-state index contributed by atoms with van der Waals surface area (Å²) >= 11 is 0. The van der Waals surface area contributed by atoms with Crippen LogP contribution < -0.4 is 21.7 Å². The fraction of sp³-hybridized carbons (Fsp3) is 0.300. The van der Waals surface area contributed by atoms with E-state index in [0.717, 1.165) is 0 Å². The molecule has 0 saturated carbocycles. The topological polar surface area (TPSA) is 156 Å². The molecule has 0 aliphatic rings. The van der Waals surface area contributed by atoms with Crippen LogP contribution in [0.3, 0.4) is 0 Å². The van der Waals surface area contributed by atoms with Crippen LogP contribution in [0.25, 0.3) is 0 Å². The summed E-state index contributed by atoms with van der Waals surface area (Å²) in [6.45, 7) is 4.19. The highest BCUT2D eigenvalue weighted by molar-refractivity contribution is 5.77. The first-order valence-electron chi connectivity index (χ1n) is 8.50. The highest BCUT2D eigenvalue weighted by Crippen LogP contribution is 2.05. The van der Waals surface area contributed by atoms with Gasteiger partial charge in [-0.3, -0.25) is 0 Å². The van der Waals surface area contributed by atoms with Gasteiger partial charge in [0.05, 0.1) is 12.1 Å². The zero-order chi connectivity index (χ0) is 20.8. The number of carboxylic acids is 2. The number of carbonyl (C=O) groups excluding carboxylic acids is 2. The Bertz CT molecular complexity index is 617. The molecule has 0 aliphatic carbocycles. The monoisotopic (exact) mass is 376 g/mol. The van der Waals surface area contributed by atoms with Gasteiger partial charge in [0.2, 0.25) is 0 Å². The van der Waals surface area contributed by atoms with E-state index < -0.39 is 24.5 Å². The maximum atomic E-state index is 9.58. The first kappa shape index (κ1) is 24.3. The molecule has 0 aliphatic heterocycles. The van der Waals surface area contributed by atoms with Crippen molar-refractivity contribution in [3.05, 3.63) is 71.8 Å². The second-order valence-electron chi connectivity index (χ2n) is 6.03. The van der Waals surface area contributed by atoms with E-state index in [2.05, 4.69) is 49.6 Å². The Morgan fingerprint density at radius 3 is 1.33 bits per heavy atom. The Morgan fingerprint density at radius 2 is 1.19 bits per heavy atom. The average molecular weight is 376 g/mol. The van der Waals surface area contributed by atoms with Gasteiger partial charge in [-0.05, 0) is 13.8 Å². The summed E-state index contributed by atoms with van der Waals surface area (Å²) in [5.41, 5.74) is 10.4. The lowest BCUT2D eigenvalue weighted by Crippen LogP contribution is -2.51. The highest BCUT2D eigenvalue weighted by atomic mass is 16.4. The molecule has 0 heterocycles. The molecule has 7 heteroatoms. The number of aliphatic hydroxyl groups excluding tert-OH is 1. The lowest BCUT2D eigenvalue weighted by Gasteiger charge is -2.10. The number of carboxylic acid groups (broad SMARTS) is 2. The van der Waals surface area contributed by atoms with Crippen LogP contribution in [0.15, 0.2) is 60.7 Å². The van der Waals surface area contributed by atoms with E-state index in [1.807, 2.05) is 36.4 Å². The van der Waals surface area contributed by atoms with E-state index in [1.165, 1.54) is 11.1 Å². The molecule has 0 aromatic heterocycles. The Kier molecular flexibility index (Phi) is 12.1. The smallest absolute Gasteiger partial charge is 0.107 e. The number of aliphatic hydroxyl groups is 1. The largest absolute Gasteiger partial charge is 0.550 e. The summed E-state index contributed by atoms with van der Waals surface area (Å²) in [6.07, 6.45) is -2.89. The summed E-state index contributed by atoms with van der Waals surface area (Å²) in [7, 11) is 0. The van der Waals surface area contributed by atoms with Crippen LogP contribution in [-0.4, -0.2) is 23.1 Å². The molecule has 2 aromatic rings. The van der Waals surface area contributed by atoms with Crippen LogP contribution in [0, 0.1) is 0 Å². The van der Waals surface area contributed by atoms with Crippen molar-refractivity contribution in [2.24, 2.45) is 0 Å². The van der Waals surface area contributed by atoms with E-state index in [0.29, 0.717) is 12.1 Å². The molecule has 27 heavy (non-hydrogen) atoms. The molecule has 0 bridgehead atoms. The van der Waals surface area contributed by atoms with Gasteiger partial charge in [-0.1, -0.05) is 60.7 Å². The second kappa shape index (κ2) is 13.5. The van der Waals surface area contributed by atoms with Gasteiger partial charge < -0.3 is 36.4 Å². The second-order valence-corrected chi connectivity index (χ2v) is 6.03. The molecule has 0 saturated heterocycles. The van der Waals surface area contributed by atoms with Crippen molar-refractivity contribution in [1.82, 2.24) is 0 Å². The van der Waals surface area contributed by atoms with Gasteiger partial charge in [-0.25, -0.2) is 0 Å². The standard InChI is InChI=1S/2C8H11N.C4H6O5/c2*1-7(9)8-5-3-2-4-6-8;5-2(4(8)9)1-3(6)7/h2*2-7H,9H2,1H3;2,5H,1H2,(H,6,7)(H,8,9)/t2*7-;2-/m110/s1. The lowest BCUT2D eigenvalue weighted by molar-refractivity contribution is -0.420. The minimum Gasteiger partial charge on any atom is -0.550 e. The molecule has 0 fully saturated rings. The van der Waals surface area contributed by atoms with E-state index >= 15 is 0 Å². The number of hydrogen-bond donors (Lipinski definition) is 3. The first-order valence-corrected chi connectivity index (χ1v) is 8.50. The van der Waals surface area contributed by atoms with Crippen molar-refractivity contribution >= 4 is 11.9 Å². The van der Waals surface area contributed by atoms with Crippen LogP contribution in [-0.2, 0) is 9.59 Å². The highest BCUT2D eigenvalue weighted by Gasteiger charge is 2.03. The molecule has 7 nitrogen and oxygen atoms in total. The van der Waals surface area contributed by atoms with Crippen molar-refractivity contribution in [3.63, 3.8) is 0 Å². The van der Waals surface area contributed by atoms with Crippen molar-refractivity contribution in [2.45, 2.75) is 38.5 Å². The third-order valence-electron chi connectivity index (χ3n) is 3.37. The van der Waals surface area contributed by atoms with Gasteiger partial charge in [0.1, 0.15) is 12.1 Å². The van der Waals surface area contributed by atoms with Gasteiger partial charge in [0.25, 0.3) is 0 Å². The van der Waals surface area contributed by atoms with Gasteiger partial charge in [0.15, 0.2) is 0 Å². The Morgan fingerprint density at radius 1 is 0.852 bits per heavy atom. The van der Waals surface area contributed by atoms with Gasteiger partial charge >= 0.3 is 0 Å². The fourth-order valence-electron chi connectivity index (χ4n) is 1.80. The number of aliphatic carboxylic acids is 2. The minimum absolute atomic E-state index is 0.409. The van der Waals surface area contributed by atoms with E-state index in [1.54, 1.807) is 0 Å². The molecule has 2 rings (SSSR count). The van der Waals surface area contributed by atoms with Crippen LogP contribution >= 0.6 is 0 Å². The number of quaternary nitrogens is 2. The molecule has 0 amide bonds. The van der Waals surface area contributed by atoms with Gasteiger partial charge in [-0.2, -0.15) is 0 Å². The summed E-state index contributed by atoms with van der Waals surface area (Å²) < 4.78 is 0. The van der Waals surface area contributed by atoms with E-state index in [-0.39, 0.29) is 0 Å². The fourth-order valence-corrected chi connectivity index (χ4v) is 1.80. The Balaban J connectivity index is 0.000000376. The molecule has 7 N–H and O–H groups in total. The van der Waals surface area contributed by atoms with Crippen molar-refractivity contribution in [2.75, 3.05) is 0 Å². The number of rotatable bonds is 5. The van der Waals surface area contributed by atoms with E-state index in [4.69, 9.17) is 5.11 Å². The number of benzene rings is 2. The quantitative estimate of drug-likeness (QED) is 0.562. The predicted octanol–water partition coefficient (Wildman–Crippen LogP) is -1.78. The van der Waals surface area contributed by atoms with Crippen molar-refractivity contribution < 1.29 is 36.4 Å². The third-order valence-corrected chi connectivity index (χ3v) is 3.37. The van der Waals surface area contributed by atoms with Crippen LogP contribution in [0.2, 0.25) is 0 Å². The van der Waals surface area contributed by atoms with Gasteiger partial charge in [-0.15, -0.1) is 0 Å². The minimum atomic E-state index is -1.96. The molecule has 0 spiro atoms. The third kappa shape index (κ3) is 12.3. The first-order chi connectivity index (χ1) is 12.6. The molecule has 148 valence electrons.